The number of fused-ring (bicyclic) bond motifs is 2. The Morgan fingerprint density at radius 3 is 2.50 bits per heavy atom. The number of hydrogen-bond acceptors (Lipinski definition) is 2. The summed E-state index contributed by atoms with van der Waals surface area (Å²) in [5, 5.41) is 0. The van der Waals surface area contributed by atoms with Crippen LogP contribution in [0.5, 0.6) is 0 Å². The molecule has 2 nitrogen and oxygen atoms in total. The highest BCUT2D eigenvalue weighted by Gasteiger charge is 2.31. The van der Waals surface area contributed by atoms with Crippen molar-refractivity contribution in [2.24, 2.45) is 11.8 Å². The average molecular weight is 243 g/mol. The monoisotopic (exact) mass is 243 g/mol. The molecule has 96 valence electrons. The maximum atomic E-state index is 11.7. The molecule has 1 aliphatic carbocycles. The van der Waals surface area contributed by atoms with E-state index in [4.69, 9.17) is 0 Å². The first-order chi connectivity index (χ1) is 8.74. The fraction of sp³-hybridized carbons (Fsp3) is 0.562. The number of nitrogens with zero attached hydrogens (tertiary/aromatic N) is 1. The van der Waals surface area contributed by atoms with Crippen molar-refractivity contribution in [3.63, 3.8) is 0 Å². The number of benzene rings is 1. The zero-order valence-electron chi connectivity index (χ0n) is 11.1. The Morgan fingerprint density at radius 2 is 1.83 bits per heavy atom. The summed E-state index contributed by atoms with van der Waals surface area (Å²) in [4.78, 5) is 14.2. The van der Waals surface area contributed by atoms with Gasteiger partial charge in [-0.05, 0) is 50.2 Å². The summed E-state index contributed by atoms with van der Waals surface area (Å²) in [6.45, 7) is 3.95. The molecule has 18 heavy (non-hydrogen) atoms. The Balaban J connectivity index is 1.88. The lowest BCUT2D eigenvalue weighted by molar-refractivity contribution is 0.101. The molecule has 1 aromatic carbocycles. The smallest absolute Gasteiger partial charge is 0.161 e. The fourth-order valence-corrected chi connectivity index (χ4v) is 3.68. The lowest BCUT2D eigenvalue weighted by atomic mass is 9.77. The quantitative estimate of drug-likeness (QED) is 0.741. The molecule has 0 aromatic heterocycles. The number of anilines is 1. The van der Waals surface area contributed by atoms with E-state index >= 15 is 0 Å². The Kier molecular flexibility index (Phi) is 3.11. The minimum absolute atomic E-state index is 0.182. The molecule has 1 saturated carbocycles. The highest BCUT2D eigenvalue weighted by molar-refractivity contribution is 5.99. The highest BCUT2D eigenvalue weighted by atomic mass is 16.1. The topological polar surface area (TPSA) is 20.3 Å². The van der Waals surface area contributed by atoms with E-state index in [1.807, 2.05) is 18.2 Å². The zero-order chi connectivity index (χ0) is 12.5. The van der Waals surface area contributed by atoms with Gasteiger partial charge in [0.2, 0.25) is 0 Å². The number of ketones is 1. The molecule has 2 aliphatic rings. The van der Waals surface area contributed by atoms with E-state index in [0.717, 1.165) is 36.2 Å². The third-order valence-corrected chi connectivity index (χ3v) is 4.47. The summed E-state index contributed by atoms with van der Waals surface area (Å²) >= 11 is 0. The van der Waals surface area contributed by atoms with Crippen molar-refractivity contribution in [3.05, 3.63) is 29.8 Å². The van der Waals surface area contributed by atoms with Crippen molar-refractivity contribution in [1.82, 2.24) is 0 Å². The van der Waals surface area contributed by atoms with E-state index in [-0.39, 0.29) is 5.78 Å². The molecule has 0 radical (unpaired) electrons. The Bertz CT molecular complexity index is 442. The second kappa shape index (κ2) is 4.75. The molecule has 2 fully saturated rings. The van der Waals surface area contributed by atoms with Crippen LogP contribution in [-0.2, 0) is 0 Å². The van der Waals surface area contributed by atoms with Gasteiger partial charge >= 0.3 is 0 Å². The van der Waals surface area contributed by atoms with Gasteiger partial charge in [0.1, 0.15) is 0 Å². The van der Waals surface area contributed by atoms with Gasteiger partial charge in [-0.25, -0.2) is 0 Å². The molecule has 2 bridgehead atoms. The van der Waals surface area contributed by atoms with E-state index < -0.39 is 0 Å². The zero-order valence-corrected chi connectivity index (χ0v) is 11.1. The highest BCUT2D eigenvalue weighted by Crippen LogP contribution is 2.37. The van der Waals surface area contributed by atoms with Gasteiger partial charge in [-0.1, -0.05) is 18.6 Å². The standard InChI is InChI=1S/C16H21NO/c1-12(18)15-7-2-3-8-16(15)17-10-13-5-4-6-14(9-13)11-17/h2-3,7-8,13-14H,4-6,9-11H2,1H3. The van der Waals surface area contributed by atoms with Crippen molar-refractivity contribution < 1.29 is 4.79 Å². The number of piperidine rings is 1. The summed E-state index contributed by atoms with van der Waals surface area (Å²) in [5.74, 6) is 1.87. The minimum atomic E-state index is 0.182. The van der Waals surface area contributed by atoms with Crippen molar-refractivity contribution in [3.8, 4) is 0 Å². The minimum Gasteiger partial charge on any atom is -0.370 e. The van der Waals surface area contributed by atoms with E-state index in [0.29, 0.717) is 0 Å². The Morgan fingerprint density at radius 1 is 1.17 bits per heavy atom. The average Bonchev–Trinajstić information content (AvgIpc) is 2.38. The molecule has 1 heterocycles. The molecular formula is C16H21NO. The lowest BCUT2D eigenvalue weighted by Crippen LogP contribution is -2.43. The van der Waals surface area contributed by atoms with Crippen molar-refractivity contribution in [2.45, 2.75) is 32.6 Å². The number of Topliss-reactive ketones (excluding diaryl/α,β-unsaturated/α-hetero) is 1. The van der Waals surface area contributed by atoms with Gasteiger partial charge in [0.25, 0.3) is 0 Å². The first-order valence-corrected chi connectivity index (χ1v) is 7.09. The molecule has 2 heteroatoms. The van der Waals surface area contributed by atoms with Crippen LogP contribution in [0, 0.1) is 11.8 Å². The van der Waals surface area contributed by atoms with Gasteiger partial charge in [-0.2, -0.15) is 0 Å². The second-order valence-corrected chi connectivity index (χ2v) is 5.88. The van der Waals surface area contributed by atoms with Gasteiger partial charge in [0.05, 0.1) is 0 Å². The van der Waals surface area contributed by atoms with Crippen LogP contribution in [0.4, 0.5) is 5.69 Å². The second-order valence-electron chi connectivity index (χ2n) is 5.88. The van der Waals surface area contributed by atoms with Gasteiger partial charge in [-0.15, -0.1) is 0 Å². The van der Waals surface area contributed by atoms with E-state index in [1.165, 1.54) is 25.7 Å². The van der Waals surface area contributed by atoms with Crippen LogP contribution >= 0.6 is 0 Å². The molecule has 2 atom stereocenters. The van der Waals surface area contributed by atoms with Crippen molar-refractivity contribution >= 4 is 11.5 Å². The number of hydrogen-bond donors (Lipinski definition) is 0. The number of rotatable bonds is 2. The maximum absolute atomic E-state index is 11.7. The number of carbonyl (C=O) groups is 1. The van der Waals surface area contributed by atoms with Gasteiger partial charge in [-0.3, -0.25) is 4.79 Å². The lowest BCUT2D eigenvalue weighted by Gasteiger charge is -2.43. The SMILES string of the molecule is CC(=O)c1ccccc1N1CC2CCCC(C2)C1. The van der Waals surface area contributed by atoms with Crippen LogP contribution in [-0.4, -0.2) is 18.9 Å². The van der Waals surface area contributed by atoms with E-state index in [9.17, 15) is 4.79 Å². The predicted octanol–water partition coefficient (Wildman–Crippen LogP) is 3.52. The summed E-state index contributed by atoms with van der Waals surface area (Å²) in [6, 6.07) is 8.08. The van der Waals surface area contributed by atoms with Crippen LogP contribution in [0.1, 0.15) is 43.0 Å². The summed E-state index contributed by atoms with van der Waals surface area (Å²) in [5.41, 5.74) is 2.04. The molecule has 0 amide bonds. The molecule has 0 spiro atoms. The first-order valence-electron chi connectivity index (χ1n) is 7.09. The van der Waals surface area contributed by atoms with Crippen LogP contribution in [0.25, 0.3) is 0 Å². The first kappa shape index (κ1) is 11.8. The predicted molar refractivity (Wildman–Crippen MR) is 74.1 cm³/mol. The van der Waals surface area contributed by atoms with Gasteiger partial charge in [0.15, 0.2) is 5.78 Å². The maximum Gasteiger partial charge on any atom is 0.161 e. The molecule has 1 aliphatic heterocycles. The van der Waals surface area contributed by atoms with Crippen molar-refractivity contribution in [2.75, 3.05) is 18.0 Å². The van der Waals surface area contributed by atoms with Crippen molar-refractivity contribution in [1.29, 1.82) is 0 Å². The Labute approximate surface area is 109 Å². The molecule has 2 unspecified atom stereocenters. The molecule has 3 rings (SSSR count). The van der Waals surface area contributed by atoms with Crippen LogP contribution < -0.4 is 4.90 Å². The Hall–Kier alpha value is -1.31. The van der Waals surface area contributed by atoms with Crippen LogP contribution in [0.3, 0.4) is 0 Å². The number of carbonyl (C=O) groups excluding carboxylic acids is 1. The van der Waals surface area contributed by atoms with Crippen LogP contribution in [0.15, 0.2) is 24.3 Å². The van der Waals surface area contributed by atoms with Gasteiger partial charge in [0, 0.05) is 24.3 Å². The summed E-state index contributed by atoms with van der Waals surface area (Å²) in [7, 11) is 0. The number of para-hydroxylation sites is 1. The van der Waals surface area contributed by atoms with Crippen LogP contribution in [0.2, 0.25) is 0 Å². The summed E-state index contributed by atoms with van der Waals surface area (Å²) < 4.78 is 0. The molecule has 1 saturated heterocycles. The third-order valence-electron chi connectivity index (χ3n) is 4.47. The molecular weight excluding hydrogens is 222 g/mol. The third kappa shape index (κ3) is 2.16. The fourth-order valence-electron chi connectivity index (χ4n) is 3.68. The molecule has 0 N–H and O–H groups in total. The molecule has 1 aromatic rings. The normalized spacial score (nSPS) is 27.1. The van der Waals surface area contributed by atoms with E-state index in [1.54, 1.807) is 6.92 Å². The largest absolute Gasteiger partial charge is 0.370 e. The van der Waals surface area contributed by atoms with Gasteiger partial charge < -0.3 is 4.90 Å². The van der Waals surface area contributed by atoms with E-state index in [2.05, 4.69) is 11.0 Å². The summed E-state index contributed by atoms with van der Waals surface area (Å²) in [6.07, 6.45) is 5.54.